The largest absolute Gasteiger partial charge is 0.383 e. The van der Waals surface area contributed by atoms with Crippen LogP contribution >= 0.6 is 11.3 Å². The minimum Gasteiger partial charge on any atom is -0.383 e. The Kier molecular flexibility index (Phi) is 22.2. The molecule has 7 heteroatoms. The van der Waals surface area contributed by atoms with Gasteiger partial charge in [-0.05, 0) is 92.5 Å². The number of nitrogens with two attached hydrogens (primary N) is 1. The zero-order valence-electron chi connectivity index (χ0n) is 41.1. The summed E-state index contributed by atoms with van der Waals surface area (Å²) in [6, 6.07) is 38.3. The van der Waals surface area contributed by atoms with E-state index in [0.717, 1.165) is 71.0 Å². The molecule has 0 saturated heterocycles. The van der Waals surface area contributed by atoms with Crippen molar-refractivity contribution in [2.24, 2.45) is 30.7 Å². The highest BCUT2D eigenvalue weighted by molar-refractivity contribution is 7.11. The summed E-state index contributed by atoms with van der Waals surface area (Å²) in [5.41, 5.74) is 17.6. The zero-order valence-corrected chi connectivity index (χ0v) is 41.9. The van der Waals surface area contributed by atoms with E-state index >= 15 is 0 Å². The molecule has 0 atom stereocenters. The van der Waals surface area contributed by atoms with Crippen LogP contribution in [0.2, 0.25) is 0 Å². The first-order valence-corrected chi connectivity index (χ1v) is 23.8. The average Bonchev–Trinajstić information content (AvgIpc) is 3.67. The second-order valence-electron chi connectivity index (χ2n) is 14.9. The van der Waals surface area contributed by atoms with Crippen LogP contribution in [0, 0.1) is 6.92 Å². The summed E-state index contributed by atoms with van der Waals surface area (Å²) in [4.78, 5) is 25.1. The summed E-state index contributed by atoms with van der Waals surface area (Å²) >= 11 is 1.76. The van der Waals surface area contributed by atoms with Crippen LogP contribution in [0.25, 0.3) is 17.7 Å². The van der Waals surface area contributed by atoms with E-state index in [0.29, 0.717) is 36.4 Å². The number of benzene rings is 4. The van der Waals surface area contributed by atoms with Crippen LogP contribution < -0.4 is 15.5 Å². The zero-order chi connectivity index (χ0) is 49.3. The third kappa shape index (κ3) is 14.7. The van der Waals surface area contributed by atoms with E-state index in [4.69, 9.17) is 25.7 Å². The monoisotopic (exact) mass is 915 g/mol. The van der Waals surface area contributed by atoms with E-state index in [1.54, 1.807) is 17.4 Å². The maximum absolute atomic E-state index is 6.57. The van der Waals surface area contributed by atoms with Gasteiger partial charge >= 0.3 is 0 Å². The molecule has 0 saturated carbocycles. The van der Waals surface area contributed by atoms with Gasteiger partial charge in [0.25, 0.3) is 0 Å². The lowest BCUT2D eigenvalue weighted by atomic mass is 9.99. The molecule has 0 aliphatic carbocycles. The van der Waals surface area contributed by atoms with E-state index < -0.39 is 0 Å². The molecule has 4 aromatic carbocycles. The van der Waals surface area contributed by atoms with Crippen molar-refractivity contribution >= 4 is 59.1 Å². The Morgan fingerprint density at radius 3 is 1.66 bits per heavy atom. The molecular formula is C61H66N6S. The van der Waals surface area contributed by atoms with E-state index in [2.05, 4.69) is 118 Å². The Morgan fingerprint density at radius 2 is 1.13 bits per heavy atom. The van der Waals surface area contributed by atoms with Crippen molar-refractivity contribution in [3.05, 3.63) is 253 Å². The second kappa shape index (κ2) is 28.4. The Labute approximate surface area is 409 Å². The summed E-state index contributed by atoms with van der Waals surface area (Å²) in [6.45, 7) is 29.5. The SMILES string of the molecule is C=C/C=C(\C=C/C)C(=NCc1ccc(/C(=C/C)c2s/c(=C(/C=C\C)C(\C=C/C(=C\C)C(=NCc3ccccc3)N=C(N)c3ccccc3)=C\C)c(=C)c2C)cc1)N=C(N=C)c1ccccc1.CC. The quantitative estimate of drug-likeness (QED) is 0.0596. The van der Waals surface area contributed by atoms with Crippen LogP contribution in [-0.4, -0.2) is 30.1 Å². The van der Waals surface area contributed by atoms with E-state index in [1.807, 2.05) is 138 Å². The Morgan fingerprint density at radius 1 is 0.603 bits per heavy atom. The smallest absolute Gasteiger partial charge is 0.161 e. The molecule has 5 rings (SSSR count). The fourth-order valence-electron chi connectivity index (χ4n) is 7.01. The number of aliphatic imine (C=N–C) groups is 5. The number of allylic oxidation sites excluding steroid dienone is 10. The first-order chi connectivity index (χ1) is 33.2. The first kappa shape index (κ1) is 53.0. The fourth-order valence-corrected chi connectivity index (χ4v) is 8.41. The Bertz CT molecular complexity index is 2930. The lowest BCUT2D eigenvalue weighted by Crippen LogP contribution is -2.21. The molecule has 0 radical (unpaired) electrons. The molecule has 0 spiro atoms. The van der Waals surface area contributed by atoms with Crippen LogP contribution in [0.5, 0.6) is 0 Å². The molecule has 0 aliphatic heterocycles. The molecule has 0 amide bonds. The van der Waals surface area contributed by atoms with Crippen molar-refractivity contribution in [1.82, 2.24) is 0 Å². The number of hydrogen-bond donors (Lipinski definition) is 1. The number of rotatable bonds is 16. The molecule has 2 N–H and O–H groups in total. The van der Waals surface area contributed by atoms with E-state index in [-0.39, 0.29) is 0 Å². The second-order valence-corrected chi connectivity index (χ2v) is 16.0. The predicted octanol–water partition coefficient (Wildman–Crippen LogP) is 13.9. The van der Waals surface area contributed by atoms with Gasteiger partial charge in [-0.25, -0.2) is 15.0 Å². The Balaban J connectivity index is 0.00000497. The molecule has 0 bridgehead atoms. The minimum absolute atomic E-state index is 0.405. The van der Waals surface area contributed by atoms with Gasteiger partial charge in [-0.15, -0.1) is 11.3 Å². The molecule has 68 heavy (non-hydrogen) atoms. The molecule has 1 aromatic heterocycles. The summed E-state index contributed by atoms with van der Waals surface area (Å²) in [5, 5.41) is 0.999. The molecule has 0 unspecified atom stereocenters. The van der Waals surface area contributed by atoms with Crippen molar-refractivity contribution < 1.29 is 0 Å². The standard InChI is InChI=1S/C59H60N6S.C2H6/c1-10-25-50(26-11-2)59(65-57(61-9)51-32-23-18-24-33-51)63-41-45-34-36-48(37-35-45)52(15-6)54-42(7)43(8)55(66-54)53(27-12-3)46(13-4)38-39-47(14-5)58(62-40-44-28-19-16-20-29-44)64-56(60)49-30-21-17-22-31-49;1-2/h10-39H,1,8-9,40-41H2,2-7H3,(H2,60,62,64);1-2H3/b26-11-,27-12-,39-38-,46-13+,47-14+,50-25+,52-15-,55-53-,63-59?,65-57?;. The van der Waals surface area contributed by atoms with Gasteiger partial charge in [-0.1, -0.05) is 209 Å². The van der Waals surface area contributed by atoms with Crippen molar-refractivity contribution in [3.8, 4) is 0 Å². The maximum atomic E-state index is 6.57. The molecular weight excluding hydrogens is 849 g/mol. The highest BCUT2D eigenvalue weighted by Crippen LogP contribution is 2.29. The van der Waals surface area contributed by atoms with Gasteiger partial charge in [0.15, 0.2) is 17.5 Å². The molecule has 0 aliphatic rings. The fraction of sp³-hybridized carbons (Fsp3) is 0.164. The van der Waals surface area contributed by atoms with Crippen LogP contribution in [0.15, 0.2) is 230 Å². The predicted molar refractivity (Wildman–Crippen MR) is 301 cm³/mol. The highest BCUT2D eigenvalue weighted by Gasteiger charge is 2.15. The van der Waals surface area contributed by atoms with Gasteiger partial charge in [-0.3, -0.25) is 9.98 Å². The molecule has 5 aromatic rings. The van der Waals surface area contributed by atoms with Crippen LogP contribution in [0.1, 0.15) is 86.7 Å². The maximum Gasteiger partial charge on any atom is 0.161 e. The average molecular weight is 915 g/mol. The van der Waals surface area contributed by atoms with Crippen molar-refractivity contribution in [1.29, 1.82) is 0 Å². The molecule has 6 nitrogen and oxygen atoms in total. The molecule has 346 valence electrons. The molecule has 1 heterocycles. The lowest BCUT2D eigenvalue weighted by Gasteiger charge is -2.09. The first-order valence-electron chi connectivity index (χ1n) is 23.0. The van der Waals surface area contributed by atoms with Gasteiger partial charge in [-0.2, -0.15) is 0 Å². The summed E-state index contributed by atoms with van der Waals surface area (Å²) < 4.78 is 1.11. The highest BCUT2D eigenvalue weighted by atomic mass is 32.1. The summed E-state index contributed by atoms with van der Waals surface area (Å²) in [7, 11) is 0. The van der Waals surface area contributed by atoms with Crippen LogP contribution in [0.3, 0.4) is 0 Å². The third-order valence-electron chi connectivity index (χ3n) is 10.5. The summed E-state index contributed by atoms with van der Waals surface area (Å²) in [5.74, 6) is 2.01. The number of nitrogens with zero attached hydrogens (tertiary/aromatic N) is 5. The van der Waals surface area contributed by atoms with Gasteiger partial charge in [0.2, 0.25) is 0 Å². The third-order valence-corrected chi connectivity index (χ3v) is 11.9. The van der Waals surface area contributed by atoms with Crippen molar-refractivity contribution in [2.75, 3.05) is 0 Å². The Hall–Kier alpha value is -7.61. The van der Waals surface area contributed by atoms with Gasteiger partial charge in [0, 0.05) is 31.7 Å². The number of hydrogen-bond acceptors (Lipinski definition) is 3. The normalized spacial score (nSPS) is 14.1. The van der Waals surface area contributed by atoms with Crippen LogP contribution in [0.4, 0.5) is 0 Å². The van der Waals surface area contributed by atoms with Gasteiger partial charge < -0.3 is 5.73 Å². The number of amidine groups is 4. The van der Waals surface area contributed by atoms with Crippen LogP contribution in [-0.2, 0) is 13.1 Å². The summed E-state index contributed by atoms with van der Waals surface area (Å²) in [6.07, 6.45) is 22.4. The van der Waals surface area contributed by atoms with Crippen molar-refractivity contribution in [3.63, 3.8) is 0 Å². The van der Waals surface area contributed by atoms with E-state index in [1.165, 1.54) is 4.88 Å². The minimum atomic E-state index is 0.405. The van der Waals surface area contributed by atoms with E-state index in [9.17, 15) is 0 Å². The lowest BCUT2D eigenvalue weighted by molar-refractivity contribution is 1.06. The van der Waals surface area contributed by atoms with Gasteiger partial charge in [0.05, 0.1) is 13.1 Å². The molecule has 0 fully saturated rings. The van der Waals surface area contributed by atoms with Gasteiger partial charge in [0.1, 0.15) is 5.84 Å². The number of thiophene rings is 1. The topological polar surface area (TPSA) is 87.8 Å². The van der Waals surface area contributed by atoms with Crippen molar-refractivity contribution in [2.45, 2.75) is 68.5 Å².